The van der Waals surface area contributed by atoms with Crippen molar-refractivity contribution in [1.82, 2.24) is 10.2 Å². The van der Waals surface area contributed by atoms with Crippen LogP contribution in [0.5, 0.6) is 0 Å². The summed E-state index contributed by atoms with van der Waals surface area (Å²) in [5, 5.41) is 2.93. The lowest BCUT2D eigenvalue weighted by molar-refractivity contribution is 0.229. The number of nitrogens with one attached hydrogen (secondary N) is 1. The highest BCUT2D eigenvalue weighted by Gasteiger charge is 2.07. The van der Waals surface area contributed by atoms with Gasteiger partial charge in [-0.1, -0.05) is 34.1 Å². The van der Waals surface area contributed by atoms with Crippen molar-refractivity contribution in [2.45, 2.75) is 53.4 Å². The monoisotopic (exact) mass is 216 g/mol. The van der Waals surface area contributed by atoms with Gasteiger partial charge in [0.25, 0.3) is 0 Å². The predicted octanol–water partition coefficient (Wildman–Crippen LogP) is 3.13. The Morgan fingerprint density at radius 2 is 1.47 bits per heavy atom. The molecule has 1 rings (SSSR count). The maximum absolute atomic E-state index is 2.93. The fourth-order valence-electron chi connectivity index (χ4n) is 1.50. The van der Waals surface area contributed by atoms with Crippen LogP contribution in [-0.4, -0.2) is 38.1 Å². The molecular weight excluding hydrogens is 184 g/mol. The van der Waals surface area contributed by atoms with E-state index in [-0.39, 0.29) is 0 Å². The number of piperidine rings is 1. The van der Waals surface area contributed by atoms with E-state index in [1.54, 1.807) is 0 Å². The van der Waals surface area contributed by atoms with Crippen molar-refractivity contribution >= 4 is 0 Å². The number of nitrogens with zero attached hydrogens (tertiary/aromatic N) is 1. The molecule has 0 aromatic heterocycles. The molecule has 1 N–H and O–H groups in total. The number of hydrogen-bond donors (Lipinski definition) is 1. The minimum atomic E-state index is 1.07. The van der Waals surface area contributed by atoms with Crippen molar-refractivity contribution in [3.8, 4) is 0 Å². The first-order chi connectivity index (χ1) is 7.35. The molecule has 2 nitrogen and oxygen atoms in total. The Kier molecular flexibility index (Phi) is 18.9. The van der Waals surface area contributed by atoms with E-state index in [2.05, 4.69) is 24.1 Å². The third-order valence-corrected chi connectivity index (χ3v) is 2.34. The van der Waals surface area contributed by atoms with E-state index < -0.39 is 0 Å². The van der Waals surface area contributed by atoms with E-state index in [0.717, 1.165) is 6.54 Å². The molecule has 1 aliphatic rings. The summed E-state index contributed by atoms with van der Waals surface area (Å²) in [6.07, 6.45) is 5.64. The summed E-state index contributed by atoms with van der Waals surface area (Å²) in [4.78, 5) is 2.57. The lowest BCUT2D eigenvalue weighted by Crippen LogP contribution is -2.30. The number of hydrogen-bond acceptors (Lipinski definition) is 2. The molecule has 2 heteroatoms. The third-order valence-electron chi connectivity index (χ3n) is 2.34. The Balaban J connectivity index is 0. The van der Waals surface area contributed by atoms with Crippen LogP contribution in [0.25, 0.3) is 0 Å². The molecule has 94 valence electrons. The number of rotatable bonds is 3. The van der Waals surface area contributed by atoms with E-state index in [9.17, 15) is 0 Å². The van der Waals surface area contributed by atoms with Crippen molar-refractivity contribution in [2.24, 2.45) is 0 Å². The Morgan fingerprint density at radius 1 is 1.00 bits per heavy atom. The zero-order valence-corrected chi connectivity index (χ0v) is 11.6. The van der Waals surface area contributed by atoms with Crippen molar-refractivity contribution in [3.05, 3.63) is 0 Å². The van der Waals surface area contributed by atoms with E-state index >= 15 is 0 Å². The molecule has 0 radical (unpaired) electrons. The summed E-state index contributed by atoms with van der Waals surface area (Å²) in [7, 11) is 1.93. The van der Waals surface area contributed by atoms with Crippen molar-refractivity contribution < 1.29 is 0 Å². The first-order valence-electron chi connectivity index (χ1n) is 6.72. The van der Waals surface area contributed by atoms with Crippen molar-refractivity contribution in [1.29, 1.82) is 0 Å². The van der Waals surface area contributed by atoms with Crippen molar-refractivity contribution in [3.63, 3.8) is 0 Å². The second-order valence-corrected chi connectivity index (χ2v) is 3.61. The minimum Gasteiger partial charge on any atom is -0.320 e. The lowest BCUT2D eigenvalue weighted by Gasteiger charge is -2.25. The molecular formula is C13H32N2. The fourth-order valence-corrected chi connectivity index (χ4v) is 1.50. The first-order valence-corrected chi connectivity index (χ1v) is 6.72. The Labute approximate surface area is 97.4 Å². The Morgan fingerprint density at radius 3 is 1.80 bits per heavy atom. The molecule has 1 fully saturated rings. The second-order valence-electron chi connectivity index (χ2n) is 3.61. The molecule has 0 unspecified atom stereocenters. The highest BCUT2D eigenvalue weighted by molar-refractivity contribution is 4.62. The van der Waals surface area contributed by atoms with Crippen LogP contribution in [0, 0.1) is 0 Å². The van der Waals surface area contributed by atoms with Gasteiger partial charge in [-0.3, -0.25) is 0 Å². The Hall–Kier alpha value is -0.0800. The van der Waals surface area contributed by atoms with Gasteiger partial charge in [-0.2, -0.15) is 0 Å². The molecule has 1 aliphatic heterocycles. The van der Waals surface area contributed by atoms with Gasteiger partial charge in [-0.25, -0.2) is 0 Å². The van der Waals surface area contributed by atoms with E-state index in [1.807, 2.05) is 20.9 Å². The predicted molar refractivity (Wildman–Crippen MR) is 71.5 cm³/mol. The highest BCUT2D eigenvalue weighted by Crippen LogP contribution is 2.07. The highest BCUT2D eigenvalue weighted by atomic mass is 15.1. The third kappa shape index (κ3) is 13.9. The molecule has 0 aliphatic carbocycles. The van der Waals surface area contributed by atoms with E-state index in [0.29, 0.717) is 0 Å². The van der Waals surface area contributed by atoms with Gasteiger partial charge in [0.15, 0.2) is 0 Å². The van der Waals surface area contributed by atoms with Crippen LogP contribution in [-0.2, 0) is 0 Å². The van der Waals surface area contributed by atoms with Crippen LogP contribution in [0.15, 0.2) is 0 Å². The lowest BCUT2D eigenvalue weighted by atomic mass is 10.1. The Bertz CT molecular complexity index is 83.8. The SMILES string of the molecule is CC.CCCN1CCCCC1.CCNC. The minimum absolute atomic E-state index is 1.07. The van der Waals surface area contributed by atoms with E-state index in [4.69, 9.17) is 0 Å². The van der Waals surface area contributed by atoms with Crippen LogP contribution >= 0.6 is 0 Å². The van der Waals surface area contributed by atoms with Crippen molar-refractivity contribution in [2.75, 3.05) is 33.2 Å². The standard InChI is InChI=1S/C8H17N.C3H9N.C2H6/c1-2-6-9-7-4-3-5-8-9;1-3-4-2;1-2/h2-8H2,1H3;4H,3H2,1-2H3;1-2H3. The molecule has 0 saturated carbocycles. The summed E-state index contributed by atoms with van der Waals surface area (Å²) >= 11 is 0. The average Bonchev–Trinajstić information content (AvgIpc) is 2.34. The molecule has 0 atom stereocenters. The summed E-state index contributed by atoms with van der Waals surface area (Å²) in [6, 6.07) is 0. The van der Waals surface area contributed by atoms with Crippen LogP contribution in [0.2, 0.25) is 0 Å². The largest absolute Gasteiger partial charge is 0.320 e. The average molecular weight is 216 g/mol. The van der Waals surface area contributed by atoms with E-state index in [1.165, 1.54) is 45.3 Å². The molecule has 0 bridgehead atoms. The van der Waals surface area contributed by atoms with Gasteiger partial charge in [-0.05, 0) is 52.5 Å². The van der Waals surface area contributed by atoms with Crippen LogP contribution in [0.4, 0.5) is 0 Å². The molecule has 0 amide bonds. The summed E-state index contributed by atoms with van der Waals surface area (Å²) < 4.78 is 0. The van der Waals surface area contributed by atoms with Gasteiger partial charge in [0.1, 0.15) is 0 Å². The van der Waals surface area contributed by atoms with Crippen LogP contribution in [0.1, 0.15) is 53.4 Å². The second kappa shape index (κ2) is 16.4. The maximum atomic E-state index is 2.93. The molecule has 0 aromatic carbocycles. The number of likely N-dealkylation sites (tertiary alicyclic amines) is 1. The quantitative estimate of drug-likeness (QED) is 0.780. The topological polar surface area (TPSA) is 15.3 Å². The molecule has 0 spiro atoms. The van der Waals surface area contributed by atoms with Gasteiger partial charge in [0, 0.05) is 0 Å². The molecule has 15 heavy (non-hydrogen) atoms. The fraction of sp³-hybridized carbons (Fsp3) is 1.00. The summed E-state index contributed by atoms with van der Waals surface area (Å²) in [5.74, 6) is 0. The molecule has 1 heterocycles. The van der Waals surface area contributed by atoms with Crippen LogP contribution in [0.3, 0.4) is 0 Å². The molecule has 0 aromatic rings. The zero-order chi connectivity index (χ0) is 11.9. The summed E-state index contributed by atoms with van der Waals surface area (Å²) in [6.45, 7) is 13.4. The normalized spacial score (nSPS) is 15.8. The maximum Gasteiger partial charge on any atom is -0.00187 e. The summed E-state index contributed by atoms with van der Waals surface area (Å²) in [5.41, 5.74) is 0. The van der Waals surface area contributed by atoms with Gasteiger partial charge in [0.05, 0.1) is 0 Å². The first kappa shape index (κ1) is 17.3. The smallest absolute Gasteiger partial charge is 0.00187 e. The van der Waals surface area contributed by atoms with Gasteiger partial charge in [0.2, 0.25) is 0 Å². The zero-order valence-electron chi connectivity index (χ0n) is 11.6. The van der Waals surface area contributed by atoms with Gasteiger partial charge in [-0.15, -0.1) is 0 Å². The molecule has 1 saturated heterocycles. The van der Waals surface area contributed by atoms with Gasteiger partial charge < -0.3 is 10.2 Å². The van der Waals surface area contributed by atoms with Crippen LogP contribution < -0.4 is 5.32 Å². The van der Waals surface area contributed by atoms with Gasteiger partial charge >= 0.3 is 0 Å².